The Bertz CT molecular complexity index is 1060. The summed E-state index contributed by atoms with van der Waals surface area (Å²) in [6.45, 7) is 0.794. The van der Waals surface area contributed by atoms with Gasteiger partial charge in [0.15, 0.2) is 0 Å². The van der Waals surface area contributed by atoms with Crippen molar-refractivity contribution in [1.29, 1.82) is 0 Å². The Morgan fingerprint density at radius 1 is 1.19 bits per heavy atom. The average molecular weight is 352 g/mol. The Balaban J connectivity index is 1.52. The fraction of sp³-hybridized carbons (Fsp3) is 0.200. The summed E-state index contributed by atoms with van der Waals surface area (Å²) in [7, 11) is 0. The maximum atomic E-state index is 13.2. The number of amides is 1. The third-order valence-corrected chi connectivity index (χ3v) is 4.50. The number of benzene rings is 2. The Labute approximate surface area is 148 Å². The topological polar surface area (TPSA) is 71.2 Å². The maximum absolute atomic E-state index is 13.2. The highest BCUT2D eigenvalue weighted by atomic mass is 19.1. The summed E-state index contributed by atoms with van der Waals surface area (Å²) >= 11 is 0. The quantitative estimate of drug-likeness (QED) is 0.761. The normalized spacial score (nSPS) is 13.1. The van der Waals surface area contributed by atoms with Crippen molar-refractivity contribution in [3.05, 3.63) is 75.3 Å². The van der Waals surface area contributed by atoms with Crippen LogP contribution >= 0.6 is 0 Å². The first-order valence-corrected chi connectivity index (χ1v) is 8.45. The number of aromatic amines is 1. The number of aryl methyl sites for hydroxylation is 1. The van der Waals surface area contributed by atoms with Crippen molar-refractivity contribution < 1.29 is 13.9 Å². The van der Waals surface area contributed by atoms with Gasteiger partial charge in [0.05, 0.1) is 12.1 Å². The minimum Gasteiger partial charge on any atom is -0.493 e. The number of aromatic nitrogens is 1. The monoisotopic (exact) mass is 352 g/mol. The Morgan fingerprint density at radius 2 is 2.08 bits per heavy atom. The molecule has 0 atom stereocenters. The molecule has 1 amide bonds. The third-order valence-electron chi connectivity index (χ3n) is 4.50. The third kappa shape index (κ3) is 3.18. The van der Waals surface area contributed by atoms with Gasteiger partial charge in [-0.05, 0) is 66.3 Å². The van der Waals surface area contributed by atoms with Gasteiger partial charge in [0.1, 0.15) is 11.6 Å². The van der Waals surface area contributed by atoms with Crippen LogP contribution in [-0.2, 0) is 13.0 Å². The fourth-order valence-electron chi connectivity index (χ4n) is 3.13. The van der Waals surface area contributed by atoms with Crippen LogP contribution in [0.3, 0.4) is 0 Å². The standard InChI is InChI=1S/C20H17FN2O3/c21-16-5-3-12-8-15(20(25)23-17(12)10-16)11-22-19(24)14-4-6-18-13(9-14)2-1-7-26-18/h3-6,8-10H,1-2,7,11H2,(H,22,24)(H,23,25). The molecule has 0 unspecified atom stereocenters. The molecule has 6 heteroatoms. The van der Waals surface area contributed by atoms with E-state index in [-0.39, 0.29) is 18.0 Å². The van der Waals surface area contributed by atoms with E-state index in [9.17, 15) is 14.0 Å². The zero-order valence-electron chi connectivity index (χ0n) is 14.0. The highest BCUT2D eigenvalue weighted by Crippen LogP contribution is 2.25. The molecule has 0 spiro atoms. The number of rotatable bonds is 3. The number of carbonyl (C=O) groups excluding carboxylic acids is 1. The van der Waals surface area contributed by atoms with E-state index in [2.05, 4.69) is 10.3 Å². The van der Waals surface area contributed by atoms with E-state index in [1.807, 2.05) is 6.07 Å². The minimum absolute atomic E-state index is 0.0923. The summed E-state index contributed by atoms with van der Waals surface area (Å²) in [5.41, 5.74) is 2.06. The first-order valence-electron chi connectivity index (χ1n) is 8.45. The molecule has 0 bridgehead atoms. The number of hydrogen-bond acceptors (Lipinski definition) is 3. The molecule has 2 N–H and O–H groups in total. The molecule has 0 saturated heterocycles. The fourth-order valence-corrected chi connectivity index (χ4v) is 3.13. The first-order chi connectivity index (χ1) is 12.6. The molecule has 0 saturated carbocycles. The van der Waals surface area contributed by atoms with Crippen molar-refractivity contribution in [3.63, 3.8) is 0 Å². The van der Waals surface area contributed by atoms with Crippen molar-refractivity contribution in [3.8, 4) is 5.75 Å². The lowest BCUT2D eigenvalue weighted by Crippen LogP contribution is -2.27. The Kier molecular flexibility index (Phi) is 4.16. The average Bonchev–Trinajstić information content (AvgIpc) is 2.65. The largest absolute Gasteiger partial charge is 0.493 e. The molecule has 26 heavy (non-hydrogen) atoms. The summed E-state index contributed by atoms with van der Waals surface area (Å²) in [4.78, 5) is 27.2. The summed E-state index contributed by atoms with van der Waals surface area (Å²) in [6, 6.07) is 11.2. The van der Waals surface area contributed by atoms with Gasteiger partial charge in [0, 0.05) is 17.7 Å². The number of hydrogen-bond donors (Lipinski definition) is 2. The summed E-state index contributed by atoms with van der Waals surface area (Å²) in [6.07, 6.45) is 1.82. The van der Waals surface area contributed by atoms with Gasteiger partial charge in [-0.25, -0.2) is 4.39 Å². The van der Waals surface area contributed by atoms with Crippen molar-refractivity contribution in [2.75, 3.05) is 6.61 Å². The molecule has 2 heterocycles. The van der Waals surface area contributed by atoms with Gasteiger partial charge in [0.2, 0.25) is 0 Å². The van der Waals surface area contributed by atoms with Crippen LogP contribution in [0, 0.1) is 5.82 Å². The van der Waals surface area contributed by atoms with Gasteiger partial charge < -0.3 is 15.0 Å². The summed E-state index contributed by atoms with van der Waals surface area (Å²) in [5.74, 6) is 0.161. The van der Waals surface area contributed by atoms with Crippen molar-refractivity contribution in [1.82, 2.24) is 10.3 Å². The van der Waals surface area contributed by atoms with Crippen LogP contribution < -0.4 is 15.6 Å². The predicted octanol–water partition coefficient (Wildman–Crippen LogP) is 2.92. The molecular formula is C20H17FN2O3. The second kappa shape index (κ2) is 6.63. The number of nitrogens with one attached hydrogen (secondary N) is 2. The Morgan fingerprint density at radius 3 is 2.96 bits per heavy atom. The van der Waals surface area contributed by atoms with E-state index in [1.165, 1.54) is 12.1 Å². The van der Waals surface area contributed by atoms with E-state index in [0.29, 0.717) is 28.6 Å². The number of pyridine rings is 1. The molecule has 4 rings (SSSR count). The molecule has 2 aromatic carbocycles. The first kappa shape index (κ1) is 16.3. The van der Waals surface area contributed by atoms with Gasteiger partial charge in [-0.3, -0.25) is 9.59 Å². The van der Waals surface area contributed by atoms with E-state index >= 15 is 0 Å². The molecule has 3 aromatic rings. The molecule has 0 fully saturated rings. The van der Waals surface area contributed by atoms with Crippen LogP contribution in [0.4, 0.5) is 4.39 Å². The molecule has 5 nitrogen and oxygen atoms in total. The second-order valence-corrected chi connectivity index (χ2v) is 6.31. The number of carbonyl (C=O) groups is 1. The van der Waals surface area contributed by atoms with E-state index < -0.39 is 5.82 Å². The zero-order chi connectivity index (χ0) is 18.1. The number of halogens is 1. The predicted molar refractivity (Wildman–Crippen MR) is 96.0 cm³/mol. The molecule has 1 aliphatic rings. The molecule has 1 aromatic heterocycles. The van der Waals surface area contributed by atoms with Crippen LogP contribution in [0.15, 0.2) is 47.3 Å². The van der Waals surface area contributed by atoms with Crippen LogP contribution in [0.2, 0.25) is 0 Å². The van der Waals surface area contributed by atoms with E-state index in [0.717, 1.165) is 24.2 Å². The molecule has 0 aliphatic carbocycles. The number of fused-ring (bicyclic) bond motifs is 2. The highest BCUT2D eigenvalue weighted by molar-refractivity contribution is 5.94. The SMILES string of the molecule is O=C(NCc1cc2ccc(F)cc2[nH]c1=O)c1ccc2c(c1)CCCO2. The second-order valence-electron chi connectivity index (χ2n) is 6.31. The minimum atomic E-state index is -0.411. The van der Waals surface area contributed by atoms with Crippen LogP contribution in [0.5, 0.6) is 5.75 Å². The van der Waals surface area contributed by atoms with Crippen LogP contribution in [0.25, 0.3) is 10.9 Å². The number of ether oxygens (including phenoxy) is 1. The van der Waals surface area contributed by atoms with Gasteiger partial charge in [-0.2, -0.15) is 0 Å². The summed E-state index contributed by atoms with van der Waals surface area (Å²) < 4.78 is 18.8. The molecular weight excluding hydrogens is 335 g/mol. The highest BCUT2D eigenvalue weighted by Gasteiger charge is 2.14. The van der Waals surface area contributed by atoms with Gasteiger partial charge >= 0.3 is 0 Å². The molecule has 0 radical (unpaired) electrons. The smallest absolute Gasteiger partial charge is 0.253 e. The van der Waals surface area contributed by atoms with Gasteiger partial charge in [0.25, 0.3) is 11.5 Å². The van der Waals surface area contributed by atoms with Crippen LogP contribution in [-0.4, -0.2) is 17.5 Å². The molecule has 132 valence electrons. The van der Waals surface area contributed by atoms with Crippen molar-refractivity contribution >= 4 is 16.8 Å². The van der Waals surface area contributed by atoms with E-state index in [4.69, 9.17) is 4.74 Å². The van der Waals surface area contributed by atoms with Crippen molar-refractivity contribution in [2.45, 2.75) is 19.4 Å². The summed E-state index contributed by atoms with van der Waals surface area (Å²) in [5, 5.41) is 3.47. The van der Waals surface area contributed by atoms with Crippen LogP contribution in [0.1, 0.15) is 27.9 Å². The zero-order valence-corrected chi connectivity index (χ0v) is 14.0. The lowest BCUT2D eigenvalue weighted by atomic mass is 10.0. The maximum Gasteiger partial charge on any atom is 0.253 e. The van der Waals surface area contributed by atoms with Crippen molar-refractivity contribution in [2.24, 2.45) is 0 Å². The van der Waals surface area contributed by atoms with Gasteiger partial charge in [-0.1, -0.05) is 0 Å². The van der Waals surface area contributed by atoms with Gasteiger partial charge in [-0.15, -0.1) is 0 Å². The number of H-pyrrole nitrogens is 1. The lowest BCUT2D eigenvalue weighted by molar-refractivity contribution is 0.0950. The Hall–Kier alpha value is -3.15. The molecule has 1 aliphatic heterocycles. The van der Waals surface area contributed by atoms with E-state index in [1.54, 1.807) is 24.3 Å². The lowest BCUT2D eigenvalue weighted by Gasteiger charge is -2.17.